The molecule has 4 rings (SSSR count). The first kappa shape index (κ1) is 20.2. The molecular formula is C21H21N3O5S. The number of hydrogen-bond donors (Lipinski definition) is 1. The summed E-state index contributed by atoms with van der Waals surface area (Å²) in [5.74, 6) is -1.63. The molecule has 2 aliphatic heterocycles. The van der Waals surface area contributed by atoms with E-state index < -0.39 is 33.8 Å². The normalized spacial score (nSPS) is 17.8. The Bertz CT molecular complexity index is 1100. The molecular weight excluding hydrogens is 406 g/mol. The summed E-state index contributed by atoms with van der Waals surface area (Å²) in [5, 5.41) is 2.62. The monoisotopic (exact) mass is 427 g/mol. The molecule has 1 unspecified atom stereocenters. The zero-order valence-electron chi connectivity index (χ0n) is 16.4. The highest BCUT2D eigenvalue weighted by molar-refractivity contribution is 7.89. The molecule has 3 amide bonds. The van der Waals surface area contributed by atoms with Crippen LogP contribution in [0.4, 0.5) is 5.69 Å². The molecule has 2 aliphatic rings. The lowest BCUT2D eigenvalue weighted by Gasteiger charge is -2.22. The zero-order chi connectivity index (χ0) is 21.5. The van der Waals surface area contributed by atoms with Gasteiger partial charge in [0.15, 0.2) is 0 Å². The van der Waals surface area contributed by atoms with E-state index in [1.807, 2.05) is 0 Å². The van der Waals surface area contributed by atoms with Gasteiger partial charge < -0.3 is 5.32 Å². The van der Waals surface area contributed by atoms with Gasteiger partial charge in [0.25, 0.3) is 11.8 Å². The molecule has 2 heterocycles. The van der Waals surface area contributed by atoms with Crippen molar-refractivity contribution in [2.75, 3.05) is 18.4 Å². The molecule has 2 aromatic rings. The van der Waals surface area contributed by atoms with Gasteiger partial charge in [-0.1, -0.05) is 18.2 Å². The Morgan fingerprint density at radius 2 is 1.57 bits per heavy atom. The molecule has 0 aliphatic carbocycles. The van der Waals surface area contributed by atoms with Crippen LogP contribution in [0.15, 0.2) is 53.4 Å². The highest BCUT2D eigenvalue weighted by Gasteiger charge is 2.40. The van der Waals surface area contributed by atoms with Crippen LogP contribution >= 0.6 is 0 Å². The van der Waals surface area contributed by atoms with Gasteiger partial charge in [-0.05, 0) is 50.1 Å². The van der Waals surface area contributed by atoms with E-state index in [2.05, 4.69) is 5.32 Å². The highest BCUT2D eigenvalue weighted by atomic mass is 32.2. The van der Waals surface area contributed by atoms with Crippen LogP contribution in [0, 0.1) is 0 Å². The van der Waals surface area contributed by atoms with Gasteiger partial charge in [-0.25, -0.2) is 8.42 Å². The lowest BCUT2D eigenvalue weighted by molar-refractivity contribution is -0.119. The fourth-order valence-electron chi connectivity index (χ4n) is 3.74. The van der Waals surface area contributed by atoms with Crippen molar-refractivity contribution >= 4 is 33.4 Å². The van der Waals surface area contributed by atoms with Crippen molar-refractivity contribution in [2.45, 2.75) is 30.7 Å². The number of fused-ring (bicyclic) bond motifs is 1. The first-order chi connectivity index (χ1) is 14.3. The molecule has 1 fully saturated rings. The molecule has 2 aromatic carbocycles. The number of nitrogens with zero attached hydrogens (tertiary/aromatic N) is 2. The van der Waals surface area contributed by atoms with Crippen molar-refractivity contribution in [3.05, 3.63) is 59.7 Å². The van der Waals surface area contributed by atoms with Crippen molar-refractivity contribution in [1.29, 1.82) is 0 Å². The molecule has 0 bridgehead atoms. The Morgan fingerprint density at radius 1 is 0.967 bits per heavy atom. The van der Waals surface area contributed by atoms with Gasteiger partial charge in [0, 0.05) is 18.8 Å². The van der Waals surface area contributed by atoms with Crippen molar-refractivity contribution in [3.8, 4) is 0 Å². The van der Waals surface area contributed by atoms with Crippen molar-refractivity contribution in [1.82, 2.24) is 9.21 Å². The Labute approximate surface area is 174 Å². The molecule has 0 saturated carbocycles. The summed E-state index contributed by atoms with van der Waals surface area (Å²) in [5.41, 5.74) is 0.811. The molecule has 1 saturated heterocycles. The van der Waals surface area contributed by atoms with E-state index in [4.69, 9.17) is 0 Å². The quantitative estimate of drug-likeness (QED) is 0.736. The van der Waals surface area contributed by atoms with E-state index in [0.29, 0.717) is 13.1 Å². The fraction of sp³-hybridized carbons (Fsp3) is 0.286. The van der Waals surface area contributed by atoms with Crippen LogP contribution in [0.2, 0.25) is 0 Å². The summed E-state index contributed by atoms with van der Waals surface area (Å²) >= 11 is 0. The van der Waals surface area contributed by atoms with Crippen molar-refractivity contribution in [2.24, 2.45) is 0 Å². The number of benzene rings is 2. The number of imide groups is 1. The minimum atomic E-state index is -3.62. The summed E-state index contributed by atoms with van der Waals surface area (Å²) in [7, 11) is -3.62. The molecule has 0 spiro atoms. The topological polar surface area (TPSA) is 104 Å². The number of sulfonamides is 1. The first-order valence-electron chi connectivity index (χ1n) is 9.69. The Kier molecular flexibility index (Phi) is 5.17. The van der Waals surface area contributed by atoms with Gasteiger partial charge in [0.1, 0.15) is 6.04 Å². The summed E-state index contributed by atoms with van der Waals surface area (Å²) in [6, 6.07) is 11.3. The number of rotatable bonds is 5. The third-order valence-electron chi connectivity index (χ3n) is 5.40. The molecule has 1 N–H and O–H groups in total. The molecule has 0 aromatic heterocycles. The third kappa shape index (κ3) is 3.40. The lowest BCUT2D eigenvalue weighted by atomic mass is 10.1. The third-order valence-corrected chi connectivity index (χ3v) is 7.29. The Hall–Kier alpha value is -3.04. The largest absolute Gasteiger partial charge is 0.324 e. The van der Waals surface area contributed by atoms with Gasteiger partial charge in [-0.15, -0.1) is 0 Å². The Morgan fingerprint density at radius 3 is 2.17 bits per heavy atom. The van der Waals surface area contributed by atoms with Crippen molar-refractivity contribution in [3.63, 3.8) is 0 Å². The maximum Gasteiger partial charge on any atom is 0.262 e. The van der Waals surface area contributed by atoms with E-state index >= 15 is 0 Å². The second-order valence-corrected chi connectivity index (χ2v) is 9.27. The fourth-order valence-corrected chi connectivity index (χ4v) is 5.30. The van der Waals surface area contributed by atoms with Crippen LogP contribution in [0.3, 0.4) is 0 Å². The number of carbonyl (C=O) groups excluding carboxylic acids is 3. The second-order valence-electron chi connectivity index (χ2n) is 7.33. The van der Waals surface area contributed by atoms with Gasteiger partial charge in [0.2, 0.25) is 15.9 Å². The molecule has 8 nitrogen and oxygen atoms in total. The van der Waals surface area contributed by atoms with Gasteiger partial charge in [-0.3, -0.25) is 19.3 Å². The second kappa shape index (κ2) is 7.66. The molecule has 9 heteroatoms. The zero-order valence-corrected chi connectivity index (χ0v) is 17.2. The summed E-state index contributed by atoms with van der Waals surface area (Å²) in [6.07, 6.45) is 1.65. The van der Waals surface area contributed by atoms with E-state index in [1.165, 1.54) is 23.4 Å². The van der Waals surface area contributed by atoms with Gasteiger partial charge >= 0.3 is 0 Å². The number of hydrogen-bond acceptors (Lipinski definition) is 5. The van der Waals surface area contributed by atoms with E-state index in [-0.39, 0.29) is 21.7 Å². The number of nitrogens with one attached hydrogen (secondary N) is 1. The van der Waals surface area contributed by atoms with Crippen LogP contribution < -0.4 is 5.32 Å². The SMILES string of the molecule is CC(C(=O)Nc1cccc(S(=O)(=O)N2CCCC2)c1)N1C(=O)c2ccccc2C1=O. The minimum Gasteiger partial charge on any atom is -0.324 e. The van der Waals surface area contributed by atoms with E-state index in [1.54, 1.807) is 36.4 Å². The average molecular weight is 427 g/mol. The number of anilines is 1. The highest BCUT2D eigenvalue weighted by Crippen LogP contribution is 2.26. The molecule has 1 atom stereocenters. The summed E-state index contributed by atoms with van der Waals surface area (Å²) < 4.78 is 26.9. The number of amides is 3. The maximum atomic E-state index is 12.7. The van der Waals surface area contributed by atoms with Crippen LogP contribution in [0.5, 0.6) is 0 Å². The molecule has 156 valence electrons. The Balaban J connectivity index is 1.52. The van der Waals surface area contributed by atoms with E-state index in [9.17, 15) is 22.8 Å². The average Bonchev–Trinajstić information content (AvgIpc) is 3.36. The van der Waals surface area contributed by atoms with Crippen molar-refractivity contribution < 1.29 is 22.8 Å². The molecule has 0 radical (unpaired) electrons. The van der Waals surface area contributed by atoms with Crippen LogP contribution in [-0.4, -0.2) is 54.5 Å². The maximum absolute atomic E-state index is 12.7. The van der Waals surface area contributed by atoms with Gasteiger partial charge in [-0.2, -0.15) is 4.31 Å². The molecule has 30 heavy (non-hydrogen) atoms. The smallest absolute Gasteiger partial charge is 0.262 e. The van der Waals surface area contributed by atoms with Crippen LogP contribution in [-0.2, 0) is 14.8 Å². The minimum absolute atomic E-state index is 0.0931. The lowest BCUT2D eigenvalue weighted by Crippen LogP contribution is -2.45. The summed E-state index contributed by atoms with van der Waals surface area (Å²) in [6.45, 7) is 2.42. The number of carbonyl (C=O) groups is 3. The van der Waals surface area contributed by atoms with Gasteiger partial charge in [0.05, 0.1) is 16.0 Å². The van der Waals surface area contributed by atoms with Crippen LogP contribution in [0.1, 0.15) is 40.5 Å². The predicted octanol–water partition coefficient (Wildman–Crippen LogP) is 2.09. The van der Waals surface area contributed by atoms with E-state index in [0.717, 1.165) is 17.7 Å². The summed E-state index contributed by atoms with van der Waals surface area (Å²) in [4.78, 5) is 38.9. The van der Waals surface area contributed by atoms with Crippen LogP contribution in [0.25, 0.3) is 0 Å². The predicted molar refractivity (Wildman–Crippen MR) is 109 cm³/mol. The first-order valence-corrected chi connectivity index (χ1v) is 11.1. The standard InChI is InChI=1S/C21H21N3O5S/c1-14(24-20(26)17-9-2-3-10-18(17)21(24)27)19(25)22-15-7-6-8-16(13-15)30(28,29)23-11-4-5-12-23/h2-3,6-10,13-14H,4-5,11-12H2,1H3,(H,22,25).